The van der Waals surface area contributed by atoms with Crippen LogP contribution in [-0.4, -0.2) is 13.2 Å². The molecule has 0 heterocycles. The van der Waals surface area contributed by atoms with Gasteiger partial charge in [-0.3, -0.25) is 0 Å². The van der Waals surface area contributed by atoms with Gasteiger partial charge >= 0.3 is 0 Å². The summed E-state index contributed by atoms with van der Waals surface area (Å²) in [4.78, 5) is 0. The predicted octanol–water partition coefficient (Wildman–Crippen LogP) is 4.07. The third-order valence-electron chi connectivity index (χ3n) is 2.67. The molecule has 0 atom stereocenters. The first-order valence-electron chi connectivity index (χ1n) is 8.59. The molecule has 0 spiro atoms. The van der Waals surface area contributed by atoms with Crippen molar-refractivity contribution in [3.05, 3.63) is 48.6 Å². The van der Waals surface area contributed by atoms with Crippen LogP contribution < -0.4 is 10.2 Å². The van der Waals surface area contributed by atoms with E-state index >= 15 is 0 Å². The van der Waals surface area contributed by atoms with Gasteiger partial charge in [-0.25, -0.2) is 0 Å². The average Bonchev–Trinajstić information content (AvgIpc) is 2.39. The Labute approximate surface area is 176 Å². The fourth-order valence-corrected chi connectivity index (χ4v) is 1.71. The van der Waals surface area contributed by atoms with Crippen LogP contribution in [0.3, 0.4) is 0 Å². The summed E-state index contributed by atoms with van der Waals surface area (Å²) in [6, 6.07) is 0. The standard InChI is InChI=1S/2C8H12.2C2H5O.2Ir/c2*1-2-4-6-8-7-5-3-1;2*1-2-3;;/h2*1-2,7-8H,3-6H2;2*2H2,1H3;;/q;;2*-1;;/b2*2-1-,8-7-;;;;. The Bertz CT molecular complexity index is 216. The van der Waals surface area contributed by atoms with Crippen LogP contribution in [-0.2, 0) is 40.2 Å². The summed E-state index contributed by atoms with van der Waals surface area (Å²) >= 11 is 0. The van der Waals surface area contributed by atoms with Crippen molar-refractivity contribution in [3.8, 4) is 0 Å². The van der Waals surface area contributed by atoms with Gasteiger partial charge in [-0.2, -0.15) is 0 Å². The first-order chi connectivity index (χ1) is 10.8. The normalized spacial score (nSPS) is 20.2. The zero-order chi connectivity index (χ0) is 16.7. The number of rotatable bonds is 0. The molecule has 0 amide bonds. The Morgan fingerprint density at radius 1 is 0.458 bits per heavy atom. The molecule has 4 heteroatoms. The molecule has 0 fully saturated rings. The molecular weight excluding hydrogens is 657 g/mol. The fraction of sp³-hybridized carbons (Fsp3) is 0.600. The monoisotopic (exact) mass is 692 g/mol. The van der Waals surface area contributed by atoms with Crippen LogP contribution in [0.25, 0.3) is 0 Å². The molecule has 0 aliphatic heterocycles. The summed E-state index contributed by atoms with van der Waals surface area (Å²) in [6.07, 6.45) is 28.0. The van der Waals surface area contributed by atoms with Gasteiger partial charge in [0.2, 0.25) is 0 Å². The Morgan fingerprint density at radius 2 is 0.542 bits per heavy atom. The Kier molecular flexibility index (Phi) is 45.9. The molecule has 2 rings (SSSR count). The molecule has 24 heavy (non-hydrogen) atoms. The van der Waals surface area contributed by atoms with Gasteiger partial charge < -0.3 is 10.2 Å². The molecule has 2 aliphatic carbocycles. The first-order valence-corrected chi connectivity index (χ1v) is 8.59. The minimum atomic E-state index is 0. The summed E-state index contributed by atoms with van der Waals surface area (Å²) in [7, 11) is 0. The second-order valence-electron chi connectivity index (χ2n) is 4.77. The predicted molar refractivity (Wildman–Crippen MR) is 94.6 cm³/mol. The minimum Gasteiger partial charge on any atom is -0.855 e. The van der Waals surface area contributed by atoms with Gasteiger partial charge in [0, 0.05) is 40.2 Å². The van der Waals surface area contributed by atoms with E-state index in [4.69, 9.17) is 10.2 Å². The van der Waals surface area contributed by atoms with Gasteiger partial charge in [-0.15, -0.1) is 13.2 Å². The molecule has 0 unspecified atom stereocenters. The van der Waals surface area contributed by atoms with Crippen molar-refractivity contribution in [2.45, 2.75) is 65.2 Å². The van der Waals surface area contributed by atoms with E-state index in [0.29, 0.717) is 0 Å². The van der Waals surface area contributed by atoms with E-state index in [1.807, 2.05) is 0 Å². The zero-order valence-electron chi connectivity index (χ0n) is 15.2. The number of allylic oxidation sites excluding steroid dienone is 8. The maximum Gasteiger partial charge on any atom is 0 e. The fourth-order valence-electron chi connectivity index (χ4n) is 1.71. The molecule has 0 saturated heterocycles. The molecule has 0 saturated carbocycles. The number of hydrogen-bond donors (Lipinski definition) is 0. The zero-order valence-corrected chi connectivity index (χ0v) is 20.0. The molecule has 0 aromatic carbocycles. The molecule has 0 aromatic rings. The Hall–Kier alpha value is 0.179. The van der Waals surface area contributed by atoms with Crippen LogP contribution in [0.15, 0.2) is 48.6 Å². The van der Waals surface area contributed by atoms with Crippen LogP contribution >= 0.6 is 0 Å². The molecule has 0 aromatic heterocycles. The van der Waals surface area contributed by atoms with E-state index < -0.39 is 0 Å². The smallest absolute Gasteiger partial charge is 0 e. The van der Waals surface area contributed by atoms with Crippen molar-refractivity contribution < 1.29 is 50.4 Å². The van der Waals surface area contributed by atoms with Gasteiger partial charge in [-0.1, -0.05) is 62.5 Å². The van der Waals surface area contributed by atoms with E-state index in [0.717, 1.165) is 0 Å². The van der Waals surface area contributed by atoms with Crippen molar-refractivity contribution in [2.75, 3.05) is 13.2 Å². The molecule has 146 valence electrons. The van der Waals surface area contributed by atoms with E-state index in [9.17, 15) is 0 Å². The summed E-state index contributed by atoms with van der Waals surface area (Å²) in [5, 5.41) is 17.9. The quantitative estimate of drug-likeness (QED) is 0.360. The van der Waals surface area contributed by atoms with Gasteiger partial charge in [0.15, 0.2) is 0 Å². The van der Waals surface area contributed by atoms with Crippen LogP contribution in [0.1, 0.15) is 65.2 Å². The van der Waals surface area contributed by atoms with E-state index in [-0.39, 0.29) is 53.4 Å². The van der Waals surface area contributed by atoms with Gasteiger partial charge in [0.05, 0.1) is 0 Å². The molecule has 2 radical (unpaired) electrons. The second kappa shape index (κ2) is 34.5. The molecular formula is C20H34Ir2O2-2. The van der Waals surface area contributed by atoms with Crippen LogP contribution in [0.2, 0.25) is 0 Å². The van der Waals surface area contributed by atoms with Crippen molar-refractivity contribution in [1.82, 2.24) is 0 Å². The largest absolute Gasteiger partial charge is 0.855 e. The van der Waals surface area contributed by atoms with Gasteiger partial charge in [0.1, 0.15) is 0 Å². The van der Waals surface area contributed by atoms with Crippen molar-refractivity contribution >= 4 is 0 Å². The summed E-state index contributed by atoms with van der Waals surface area (Å²) < 4.78 is 0. The second-order valence-corrected chi connectivity index (χ2v) is 4.77. The first kappa shape index (κ1) is 31.9. The average molecular weight is 691 g/mol. The van der Waals surface area contributed by atoms with Crippen LogP contribution in [0, 0.1) is 0 Å². The third-order valence-corrected chi connectivity index (χ3v) is 2.67. The van der Waals surface area contributed by atoms with Crippen molar-refractivity contribution in [2.24, 2.45) is 0 Å². The maximum atomic E-state index is 8.93. The van der Waals surface area contributed by atoms with Crippen LogP contribution in [0.5, 0.6) is 0 Å². The molecule has 2 aliphatic rings. The van der Waals surface area contributed by atoms with Crippen LogP contribution in [0.4, 0.5) is 0 Å². The summed E-state index contributed by atoms with van der Waals surface area (Å²) in [6.45, 7) is 3.14. The van der Waals surface area contributed by atoms with Crippen molar-refractivity contribution in [3.63, 3.8) is 0 Å². The number of hydrogen-bond acceptors (Lipinski definition) is 2. The Morgan fingerprint density at radius 3 is 0.625 bits per heavy atom. The molecule has 0 N–H and O–H groups in total. The minimum absolute atomic E-state index is 0. The van der Waals surface area contributed by atoms with E-state index in [1.165, 1.54) is 51.4 Å². The topological polar surface area (TPSA) is 46.1 Å². The molecule has 2 nitrogen and oxygen atoms in total. The summed E-state index contributed by atoms with van der Waals surface area (Å²) in [5.74, 6) is 0. The van der Waals surface area contributed by atoms with Crippen molar-refractivity contribution in [1.29, 1.82) is 0 Å². The van der Waals surface area contributed by atoms with Gasteiger partial charge in [-0.05, 0) is 51.4 Å². The molecule has 0 bridgehead atoms. The van der Waals surface area contributed by atoms with E-state index in [1.54, 1.807) is 13.8 Å². The summed E-state index contributed by atoms with van der Waals surface area (Å²) in [5.41, 5.74) is 0. The Balaban J connectivity index is -0.000000119. The van der Waals surface area contributed by atoms with E-state index in [2.05, 4.69) is 48.6 Å². The SMILES string of the molecule is C1=C\CC/C=C\CC/1.C1=C\CC/C=C\CC/1.CC[O-].CC[O-].[Ir].[Ir]. The third kappa shape index (κ3) is 38.0. The maximum absolute atomic E-state index is 8.93. The van der Waals surface area contributed by atoms with Gasteiger partial charge in [0.25, 0.3) is 0 Å².